The van der Waals surface area contributed by atoms with Crippen molar-refractivity contribution in [3.63, 3.8) is 0 Å². The van der Waals surface area contributed by atoms with Gasteiger partial charge in [0.2, 0.25) is 0 Å². The molecule has 0 radical (unpaired) electrons. The van der Waals surface area contributed by atoms with Gasteiger partial charge in [0.05, 0.1) is 19.8 Å². The summed E-state index contributed by atoms with van der Waals surface area (Å²) in [6.07, 6.45) is 14.9. The van der Waals surface area contributed by atoms with Crippen molar-refractivity contribution in [3.8, 4) is 0 Å². The fourth-order valence-electron chi connectivity index (χ4n) is 4.19. The highest BCUT2D eigenvalue weighted by Gasteiger charge is 2.53. The van der Waals surface area contributed by atoms with Gasteiger partial charge in [-0.3, -0.25) is 0 Å². The molecule has 7 nitrogen and oxygen atoms in total. The van der Waals surface area contributed by atoms with E-state index in [1.165, 1.54) is 25.7 Å². The van der Waals surface area contributed by atoms with Crippen molar-refractivity contribution in [2.24, 2.45) is 5.73 Å². The first-order valence-corrected chi connectivity index (χ1v) is 11.7. The highest BCUT2D eigenvalue weighted by molar-refractivity contribution is 5.84. The molecule has 7 heteroatoms. The second-order valence-corrected chi connectivity index (χ2v) is 8.67. The van der Waals surface area contributed by atoms with Crippen LogP contribution in [0.15, 0.2) is 12.2 Å². The van der Waals surface area contributed by atoms with Crippen molar-refractivity contribution < 1.29 is 29.2 Å². The summed E-state index contributed by atoms with van der Waals surface area (Å²) in [5.74, 6) is -1.07. The van der Waals surface area contributed by atoms with Crippen LogP contribution < -0.4 is 5.73 Å². The Morgan fingerprint density at radius 2 is 1.67 bits per heavy atom. The summed E-state index contributed by atoms with van der Waals surface area (Å²) >= 11 is 0. The second kappa shape index (κ2) is 12.8. The normalized spacial score (nSPS) is 28.5. The third-order valence-electron chi connectivity index (χ3n) is 6.22. The third-order valence-corrected chi connectivity index (χ3v) is 6.22. The lowest BCUT2D eigenvalue weighted by Crippen LogP contribution is -2.57. The van der Waals surface area contributed by atoms with Gasteiger partial charge in [-0.1, -0.05) is 51.2 Å². The van der Waals surface area contributed by atoms with E-state index in [1.54, 1.807) is 0 Å². The van der Waals surface area contributed by atoms with Gasteiger partial charge in [-0.2, -0.15) is 0 Å². The molecule has 0 bridgehead atoms. The van der Waals surface area contributed by atoms with Crippen LogP contribution >= 0.6 is 0 Å². The molecule has 2 rings (SSSR count). The van der Waals surface area contributed by atoms with E-state index in [2.05, 4.69) is 13.0 Å². The number of carbonyl (C=O) groups excluding carboxylic acids is 1. The lowest BCUT2D eigenvalue weighted by molar-refractivity contribution is -0.168. The number of ether oxygens (including phenoxy) is 3. The van der Waals surface area contributed by atoms with Crippen LogP contribution in [0.25, 0.3) is 0 Å². The molecule has 2 saturated heterocycles. The highest BCUT2D eigenvalue weighted by atomic mass is 16.7. The Morgan fingerprint density at radius 3 is 2.27 bits per heavy atom. The monoisotopic (exact) mass is 427 g/mol. The molecule has 0 saturated carbocycles. The number of esters is 1. The first-order chi connectivity index (χ1) is 14.5. The number of carbonyl (C=O) groups is 1. The van der Waals surface area contributed by atoms with E-state index in [1.807, 2.05) is 6.08 Å². The smallest absolute Gasteiger partial charge is 0.331 e. The predicted octanol–water partition coefficient (Wildman–Crippen LogP) is 2.96. The van der Waals surface area contributed by atoms with Crippen molar-refractivity contribution >= 4 is 5.97 Å². The third kappa shape index (κ3) is 7.02. The molecule has 30 heavy (non-hydrogen) atoms. The SMILES string of the molecule is CCCCCCC1(CCCCCC/C=C/C[C@H]2OC(=O)[C@](N)(CO)[C@H]2O)OCCO1. The first-order valence-electron chi connectivity index (χ1n) is 11.7. The lowest BCUT2D eigenvalue weighted by atomic mass is 9.93. The molecule has 2 fully saturated rings. The molecule has 2 heterocycles. The molecule has 0 spiro atoms. The Hall–Kier alpha value is -0.990. The van der Waals surface area contributed by atoms with Crippen LogP contribution in [-0.2, 0) is 19.0 Å². The zero-order valence-corrected chi connectivity index (χ0v) is 18.5. The van der Waals surface area contributed by atoms with Crippen LogP contribution in [0.1, 0.15) is 84.0 Å². The van der Waals surface area contributed by atoms with Gasteiger partial charge in [0.25, 0.3) is 0 Å². The van der Waals surface area contributed by atoms with Gasteiger partial charge in [0.15, 0.2) is 11.3 Å². The average Bonchev–Trinajstić information content (AvgIpc) is 3.29. The zero-order chi connectivity index (χ0) is 21.9. The van der Waals surface area contributed by atoms with E-state index in [9.17, 15) is 15.0 Å². The number of allylic oxidation sites excluding steroid dienone is 1. The summed E-state index contributed by atoms with van der Waals surface area (Å²) in [7, 11) is 0. The molecule has 0 aromatic carbocycles. The first kappa shape index (κ1) is 25.3. The number of aliphatic hydroxyl groups excluding tert-OH is 2. The molecule has 2 aliphatic rings. The van der Waals surface area contributed by atoms with Crippen LogP contribution in [0.4, 0.5) is 0 Å². The van der Waals surface area contributed by atoms with Gasteiger partial charge in [-0.15, -0.1) is 0 Å². The van der Waals surface area contributed by atoms with E-state index in [0.717, 1.165) is 44.9 Å². The minimum Gasteiger partial charge on any atom is -0.458 e. The predicted molar refractivity (Wildman–Crippen MR) is 115 cm³/mol. The molecule has 4 N–H and O–H groups in total. The maximum absolute atomic E-state index is 11.7. The number of rotatable bonds is 15. The highest BCUT2D eigenvalue weighted by Crippen LogP contribution is 2.32. The van der Waals surface area contributed by atoms with Gasteiger partial charge >= 0.3 is 5.97 Å². The van der Waals surface area contributed by atoms with Gasteiger partial charge in [-0.05, 0) is 25.7 Å². The van der Waals surface area contributed by atoms with Gasteiger partial charge in [-0.25, -0.2) is 4.79 Å². The quantitative estimate of drug-likeness (QED) is 0.209. The number of aliphatic hydroxyl groups is 2. The Labute approximate surface area is 180 Å². The van der Waals surface area contributed by atoms with Crippen molar-refractivity contribution in [1.82, 2.24) is 0 Å². The largest absolute Gasteiger partial charge is 0.458 e. The standard InChI is InChI=1S/C23H41NO6/c1-2-3-4-11-14-22(28-16-17-29-22)15-12-9-7-5-6-8-10-13-19-20(26)23(24,18-25)21(27)30-19/h8,10,19-20,25-26H,2-7,9,11-18,24H2,1H3/b10-8+/t19-,20+,23+/m1/s1. The second-order valence-electron chi connectivity index (χ2n) is 8.67. The minimum absolute atomic E-state index is 0.333. The maximum atomic E-state index is 11.7. The van der Waals surface area contributed by atoms with Crippen LogP contribution in [0.2, 0.25) is 0 Å². The van der Waals surface area contributed by atoms with Gasteiger partial charge in [0.1, 0.15) is 12.2 Å². The summed E-state index contributed by atoms with van der Waals surface area (Å²) in [6.45, 7) is 3.03. The van der Waals surface area contributed by atoms with E-state index in [-0.39, 0.29) is 5.79 Å². The van der Waals surface area contributed by atoms with Crippen LogP contribution in [0, 0.1) is 0 Å². The Bertz CT molecular complexity index is 534. The van der Waals surface area contributed by atoms with Gasteiger partial charge in [0, 0.05) is 19.3 Å². The molecule has 0 amide bonds. The fourth-order valence-corrected chi connectivity index (χ4v) is 4.19. The summed E-state index contributed by atoms with van der Waals surface area (Å²) in [5, 5.41) is 19.3. The van der Waals surface area contributed by atoms with Crippen molar-refractivity contribution in [1.29, 1.82) is 0 Å². The summed E-state index contributed by atoms with van der Waals surface area (Å²) in [5.41, 5.74) is 4.02. The summed E-state index contributed by atoms with van der Waals surface area (Å²) in [6, 6.07) is 0. The van der Waals surface area contributed by atoms with Crippen LogP contribution in [0.5, 0.6) is 0 Å². The molecule has 0 aromatic heterocycles. The van der Waals surface area contributed by atoms with Crippen LogP contribution in [-0.4, -0.2) is 59.5 Å². The zero-order valence-electron chi connectivity index (χ0n) is 18.5. The Kier molecular flexibility index (Phi) is 10.8. The Balaban J connectivity index is 1.55. The molecular weight excluding hydrogens is 386 g/mol. The van der Waals surface area contributed by atoms with Crippen molar-refractivity contribution in [2.45, 2.75) is 108 Å². The number of nitrogens with two attached hydrogens (primary N) is 1. The minimum atomic E-state index is -1.70. The average molecular weight is 428 g/mol. The molecule has 174 valence electrons. The number of cyclic esters (lactones) is 1. The van der Waals surface area contributed by atoms with E-state index in [4.69, 9.17) is 19.9 Å². The molecule has 2 aliphatic heterocycles. The van der Waals surface area contributed by atoms with Gasteiger partial charge < -0.3 is 30.2 Å². The molecule has 3 atom stereocenters. The molecule has 0 aliphatic carbocycles. The lowest BCUT2D eigenvalue weighted by Gasteiger charge is -2.27. The van der Waals surface area contributed by atoms with Crippen molar-refractivity contribution in [2.75, 3.05) is 19.8 Å². The topological polar surface area (TPSA) is 111 Å². The Morgan fingerprint density at radius 1 is 1.03 bits per heavy atom. The van der Waals surface area contributed by atoms with Crippen LogP contribution in [0.3, 0.4) is 0 Å². The number of hydrogen-bond acceptors (Lipinski definition) is 7. The fraction of sp³-hybridized carbons (Fsp3) is 0.870. The van der Waals surface area contributed by atoms with E-state index in [0.29, 0.717) is 19.6 Å². The van der Waals surface area contributed by atoms with E-state index >= 15 is 0 Å². The summed E-state index contributed by atoms with van der Waals surface area (Å²) < 4.78 is 17.0. The molecule has 0 aromatic rings. The maximum Gasteiger partial charge on any atom is 0.331 e. The molecule has 0 unspecified atom stereocenters. The number of unbranched alkanes of at least 4 members (excludes halogenated alkanes) is 7. The number of hydrogen-bond donors (Lipinski definition) is 3. The molecular formula is C23H41NO6. The van der Waals surface area contributed by atoms with Crippen molar-refractivity contribution in [3.05, 3.63) is 12.2 Å². The van der Waals surface area contributed by atoms with E-state index < -0.39 is 30.3 Å². The summed E-state index contributed by atoms with van der Waals surface area (Å²) in [4.78, 5) is 11.7.